The van der Waals surface area contributed by atoms with Crippen molar-refractivity contribution in [1.29, 1.82) is 0 Å². The molecular formula is C20H35NO4. The zero-order chi connectivity index (χ0) is 18.5. The van der Waals surface area contributed by atoms with Crippen molar-refractivity contribution in [2.75, 3.05) is 34.0 Å². The number of carbonyl (C=O) groups excluding carboxylic acids is 1. The second kappa shape index (κ2) is 13.0. The van der Waals surface area contributed by atoms with Crippen molar-refractivity contribution >= 4 is 5.97 Å². The van der Waals surface area contributed by atoms with Gasteiger partial charge in [0.15, 0.2) is 0 Å². The minimum Gasteiger partial charge on any atom is -0.461 e. The standard InChI is InChI=1S/C20H35NO4/c1-5-6-11-18-16-19(20(22)25-15-10-9-14-24-4)21(17(18)2)12-7-8-13-23-3/h16H,5-15H2,1-4H3. The first kappa shape index (κ1) is 21.7. The van der Waals surface area contributed by atoms with Gasteiger partial charge in [-0.25, -0.2) is 4.79 Å². The lowest BCUT2D eigenvalue weighted by Gasteiger charge is -2.12. The highest BCUT2D eigenvalue weighted by molar-refractivity contribution is 5.88. The number of nitrogens with zero attached hydrogens (tertiary/aromatic N) is 1. The molecule has 1 heterocycles. The Kier molecular flexibility index (Phi) is 11.2. The van der Waals surface area contributed by atoms with Gasteiger partial charge in [0.05, 0.1) is 6.61 Å². The number of rotatable bonds is 14. The summed E-state index contributed by atoms with van der Waals surface area (Å²) in [6, 6.07) is 2.03. The molecule has 144 valence electrons. The third kappa shape index (κ3) is 7.61. The van der Waals surface area contributed by atoms with Gasteiger partial charge < -0.3 is 18.8 Å². The second-order valence-electron chi connectivity index (χ2n) is 6.43. The Bertz CT molecular complexity index is 496. The Morgan fingerprint density at radius 3 is 2.28 bits per heavy atom. The molecule has 5 heteroatoms. The molecule has 1 aromatic heterocycles. The van der Waals surface area contributed by atoms with Crippen molar-refractivity contribution in [2.24, 2.45) is 0 Å². The van der Waals surface area contributed by atoms with Crippen LogP contribution >= 0.6 is 0 Å². The molecule has 1 aromatic rings. The van der Waals surface area contributed by atoms with E-state index in [0.29, 0.717) is 18.9 Å². The summed E-state index contributed by atoms with van der Waals surface area (Å²) in [7, 11) is 3.40. The van der Waals surface area contributed by atoms with Gasteiger partial charge in [-0.05, 0) is 57.1 Å². The van der Waals surface area contributed by atoms with E-state index in [-0.39, 0.29) is 5.97 Å². The normalized spacial score (nSPS) is 11.0. The van der Waals surface area contributed by atoms with Crippen LogP contribution in [0.4, 0.5) is 0 Å². The first-order chi connectivity index (χ1) is 12.2. The van der Waals surface area contributed by atoms with Gasteiger partial charge in [-0.1, -0.05) is 13.3 Å². The number of methoxy groups -OCH3 is 2. The number of hydrogen-bond donors (Lipinski definition) is 0. The Labute approximate surface area is 152 Å². The van der Waals surface area contributed by atoms with E-state index in [1.54, 1.807) is 14.2 Å². The van der Waals surface area contributed by atoms with Crippen molar-refractivity contribution in [3.63, 3.8) is 0 Å². The SMILES string of the molecule is CCCCc1cc(C(=O)OCCCCOC)n(CCCCOC)c1C. The molecule has 0 aliphatic heterocycles. The number of ether oxygens (including phenoxy) is 3. The van der Waals surface area contributed by atoms with Gasteiger partial charge in [0, 0.05) is 39.7 Å². The highest BCUT2D eigenvalue weighted by Gasteiger charge is 2.18. The van der Waals surface area contributed by atoms with Crippen LogP contribution < -0.4 is 0 Å². The fourth-order valence-corrected chi connectivity index (χ4v) is 2.88. The van der Waals surface area contributed by atoms with Gasteiger partial charge in [0.25, 0.3) is 0 Å². The Morgan fingerprint density at radius 2 is 1.64 bits per heavy atom. The molecule has 0 atom stereocenters. The molecule has 1 rings (SSSR count). The van der Waals surface area contributed by atoms with Crippen LogP contribution in [0.5, 0.6) is 0 Å². The smallest absolute Gasteiger partial charge is 0.354 e. The fraction of sp³-hybridized carbons (Fsp3) is 0.750. The minimum atomic E-state index is -0.213. The minimum absolute atomic E-state index is 0.213. The third-order valence-corrected chi connectivity index (χ3v) is 4.44. The molecule has 0 saturated heterocycles. The molecular weight excluding hydrogens is 318 g/mol. The van der Waals surface area contributed by atoms with Crippen LogP contribution in [-0.4, -0.2) is 44.6 Å². The van der Waals surface area contributed by atoms with Gasteiger partial charge in [0.1, 0.15) is 5.69 Å². The number of unbranched alkanes of at least 4 members (excludes halogenated alkanes) is 3. The molecule has 0 fully saturated rings. The van der Waals surface area contributed by atoms with Crippen molar-refractivity contribution < 1.29 is 19.0 Å². The number of aryl methyl sites for hydroxylation is 1. The predicted molar refractivity (Wildman–Crippen MR) is 100 cm³/mol. The summed E-state index contributed by atoms with van der Waals surface area (Å²) in [4.78, 5) is 12.5. The molecule has 0 bridgehead atoms. The van der Waals surface area contributed by atoms with Crippen LogP contribution in [0.2, 0.25) is 0 Å². The maximum atomic E-state index is 12.5. The van der Waals surface area contributed by atoms with E-state index in [2.05, 4.69) is 18.4 Å². The van der Waals surface area contributed by atoms with Gasteiger partial charge in [-0.3, -0.25) is 0 Å². The quantitative estimate of drug-likeness (QED) is 0.372. The summed E-state index contributed by atoms with van der Waals surface area (Å²) in [5.41, 5.74) is 3.14. The number of aromatic nitrogens is 1. The molecule has 0 amide bonds. The van der Waals surface area contributed by atoms with Crippen molar-refractivity contribution in [3.05, 3.63) is 23.0 Å². The van der Waals surface area contributed by atoms with E-state index in [1.165, 1.54) is 11.3 Å². The summed E-state index contributed by atoms with van der Waals surface area (Å²) < 4.78 is 17.7. The first-order valence-corrected chi connectivity index (χ1v) is 9.49. The maximum absolute atomic E-state index is 12.5. The lowest BCUT2D eigenvalue weighted by atomic mass is 10.1. The third-order valence-electron chi connectivity index (χ3n) is 4.44. The van der Waals surface area contributed by atoms with Crippen molar-refractivity contribution in [1.82, 2.24) is 4.57 Å². The van der Waals surface area contributed by atoms with Crippen molar-refractivity contribution in [2.45, 2.75) is 65.3 Å². The number of esters is 1. The molecule has 25 heavy (non-hydrogen) atoms. The molecule has 0 aliphatic rings. The molecule has 0 radical (unpaired) electrons. The average Bonchev–Trinajstić information content (AvgIpc) is 2.92. The summed E-state index contributed by atoms with van der Waals surface area (Å²) in [5, 5.41) is 0. The van der Waals surface area contributed by atoms with E-state index in [4.69, 9.17) is 14.2 Å². The van der Waals surface area contributed by atoms with Gasteiger partial charge in [-0.2, -0.15) is 0 Å². The Balaban J connectivity index is 2.73. The zero-order valence-electron chi connectivity index (χ0n) is 16.4. The van der Waals surface area contributed by atoms with Crippen molar-refractivity contribution in [3.8, 4) is 0 Å². The van der Waals surface area contributed by atoms with E-state index in [9.17, 15) is 4.79 Å². The number of hydrogen-bond acceptors (Lipinski definition) is 4. The molecule has 0 N–H and O–H groups in total. The van der Waals surface area contributed by atoms with Crippen LogP contribution in [0, 0.1) is 6.92 Å². The van der Waals surface area contributed by atoms with Gasteiger partial charge in [0.2, 0.25) is 0 Å². The fourth-order valence-electron chi connectivity index (χ4n) is 2.88. The molecule has 0 unspecified atom stereocenters. The van der Waals surface area contributed by atoms with Crippen LogP contribution in [-0.2, 0) is 27.2 Å². The topological polar surface area (TPSA) is 49.7 Å². The predicted octanol–water partition coefficient (Wildman–Crippen LogP) is 4.15. The van der Waals surface area contributed by atoms with E-state index in [0.717, 1.165) is 58.1 Å². The Morgan fingerprint density at radius 1 is 1.00 bits per heavy atom. The maximum Gasteiger partial charge on any atom is 0.354 e. The van der Waals surface area contributed by atoms with Gasteiger partial charge in [-0.15, -0.1) is 0 Å². The number of carbonyl (C=O) groups is 1. The molecule has 5 nitrogen and oxygen atoms in total. The second-order valence-corrected chi connectivity index (χ2v) is 6.43. The first-order valence-electron chi connectivity index (χ1n) is 9.49. The van der Waals surface area contributed by atoms with Crippen LogP contribution in [0.25, 0.3) is 0 Å². The average molecular weight is 354 g/mol. The van der Waals surface area contributed by atoms with E-state index >= 15 is 0 Å². The summed E-state index contributed by atoms with van der Waals surface area (Å²) in [6.45, 7) is 7.02. The van der Waals surface area contributed by atoms with Gasteiger partial charge >= 0.3 is 5.97 Å². The van der Waals surface area contributed by atoms with Crippen LogP contribution in [0.15, 0.2) is 6.07 Å². The lowest BCUT2D eigenvalue weighted by molar-refractivity contribution is 0.0476. The lowest BCUT2D eigenvalue weighted by Crippen LogP contribution is -2.14. The zero-order valence-corrected chi connectivity index (χ0v) is 16.4. The molecule has 0 aliphatic carbocycles. The van der Waals surface area contributed by atoms with E-state index < -0.39 is 0 Å². The summed E-state index contributed by atoms with van der Waals surface area (Å²) in [6.07, 6.45) is 7.02. The highest BCUT2D eigenvalue weighted by atomic mass is 16.5. The molecule has 0 spiro atoms. The monoisotopic (exact) mass is 353 g/mol. The highest BCUT2D eigenvalue weighted by Crippen LogP contribution is 2.20. The Hall–Kier alpha value is -1.33. The molecule has 0 aromatic carbocycles. The largest absolute Gasteiger partial charge is 0.461 e. The summed E-state index contributed by atoms with van der Waals surface area (Å²) in [5.74, 6) is -0.213. The molecule has 0 saturated carbocycles. The van der Waals surface area contributed by atoms with Crippen LogP contribution in [0.1, 0.15) is 67.2 Å². The summed E-state index contributed by atoms with van der Waals surface area (Å²) >= 11 is 0. The van der Waals surface area contributed by atoms with Crippen LogP contribution in [0.3, 0.4) is 0 Å². The van der Waals surface area contributed by atoms with E-state index in [1.807, 2.05) is 6.07 Å².